The zero-order valence-electron chi connectivity index (χ0n) is 5.96. The fourth-order valence-electron chi connectivity index (χ4n) is 0.856. The lowest BCUT2D eigenvalue weighted by atomic mass is 10.3. The van der Waals surface area contributed by atoms with E-state index in [4.69, 9.17) is 0 Å². The van der Waals surface area contributed by atoms with Crippen LogP contribution in [0.5, 0.6) is 0 Å². The number of amides is 1. The fraction of sp³-hybridized carbons (Fsp3) is 0.667. The van der Waals surface area contributed by atoms with Gasteiger partial charge in [-0.3, -0.25) is 9.69 Å². The van der Waals surface area contributed by atoms with Crippen molar-refractivity contribution < 1.29 is 14.3 Å². The Hall–Kier alpha value is -1.06. The first-order valence-corrected chi connectivity index (χ1v) is 3.07. The van der Waals surface area contributed by atoms with Crippen LogP contribution in [0.25, 0.3) is 0 Å². The topological polar surface area (TPSA) is 46.6 Å². The van der Waals surface area contributed by atoms with Gasteiger partial charge < -0.3 is 4.74 Å². The van der Waals surface area contributed by atoms with E-state index in [0.717, 1.165) is 0 Å². The number of carbonyl (C=O) groups excluding carboxylic acids is 2. The van der Waals surface area contributed by atoms with Gasteiger partial charge in [0.25, 0.3) is 0 Å². The van der Waals surface area contributed by atoms with Crippen molar-refractivity contribution in [1.82, 2.24) is 4.90 Å². The SMILES string of the molecule is CC(=O)N1COC(=O)[C@@H]1C. The molecule has 1 amide bonds. The first kappa shape index (κ1) is 7.05. The molecule has 0 unspecified atom stereocenters. The highest BCUT2D eigenvalue weighted by atomic mass is 16.6. The van der Waals surface area contributed by atoms with Crippen molar-refractivity contribution in [3.05, 3.63) is 0 Å². The maximum atomic E-state index is 10.7. The molecule has 1 atom stereocenters. The molecule has 4 nitrogen and oxygen atoms in total. The van der Waals surface area contributed by atoms with Gasteiger partial charge in [0.2, 0.25) is 5.91 Å². The Morgan fingerprint density at radius 1 is 1.80 bits per heavy atom. The maximum Gasteiger partial charge on any atom is 0.330 e. The van der Waals surface area contributed by atoms with Gasteiger partial charge in [0.15, 0.2) is 6.73 Å². The molecule has 4 heteroatoms. The fourth-order valence-corrected chi connectivity index (χ4v) is 0.856. The van der Waals surface area contributed by atoms with E-state index in [1.807, 2.05) is 0 Å². The molecule has 1 fully saturated rings. The van der Waals surface area contributed by atoms with Crippen LogP contribution in [0.2, 0.25) is 0 Å². The number of hydrogen-bond acceptors (Lipinski definition) is 3. The van der Waals surface area contributed by atoms with E-state index in [0.29, 0.717) is 0 Å². The van der Waals surface area contributed by atoms with Gasteiger partial charge in [-0.25, -0.2) is 4.79 Å². The molecule has 1 aliphatic rings. The van der Waals surface area contributed by atoms with Crippen LogP contribution in [0.4, 0.5) is 0 Å². The minimum atomic E-state index is -0.405. The highest BCUT2D eigenvalue weighted by Crippen LogP contribution is 2.09. The molecule has 0 spiro atoms. The van der Waals surface area contributed by atoms with Crippen molar-refractivity contribution in [2.75, 3.05) is 6.73 Å². The third-order valence-electron chi connectivity index (χ3n) is 1.56. The summed E-state index contributed by atoms with van der Waals surface area (Å²) in [7, 11) is 0. The van der Waals surface area contributed by atoms with Crippen molar-refractivity contribution in [1.29, 1.82) is 0 Å². The molecule has 1 aliphatic heterocycles. The van der Waals surface area contributed by atoms with Crippen LogP contribution in [0, 0.1) is 0 Å². The summed E-state index contributed by atoms with van der Waals surface area (Å²) in [6.45, 7) is 3.17. The summed E-state index contributed by atoms with van der Waals surface area (Å²) in [5.41, 5.74) is 0. The average Bonchev–Trinajstić information content (AvgIpc) is 2.14. The summed E-state index contributed by atoms with van der Waals surface area (Å²) in [4.78, 5) is 22.7. The number of rotatable bonds is 0. The van der Waals surface area contributed by atoms with Gasteiger partial charge in [0, 0.05) is 6.92 Å². The summed E-state index contributed by atoms with van der Waals surface area (Å²) in [5.74, 6) is -0.450. The summed E-state index contributed by atoms with van der Waals surface area (Å²) >= 11 is 0. The van der Waals surface area contributed by atoms with Crippen molar-refractivity contribution >= 4 is 11.9 Å². The van der Waals surface area contributed by atoms with Gasteiger partial charge in [-0.2, -0.15) is 0 Å². The van der Waals surface area contributed by atoms with E-state index in [-0.39, 0.29) is 18.6 Å². The molecule has 1 rings (SSSR count). The normalized spacial score (nSPS) is 24.8. The van der Waals surface area contributed by atoms with Crippen molar-refractivity contribution in [2.45, 2.75) is 19.9 Å². The van der Waals surface area contributed by atoms with Crippen LogP contribution in [0.3, 0.4) is 0 Å². The van der Waals surface area contributed by atoms with E-state index in [2.05, 4.69) is 4.74 Å². The second-order valence-corrected chi connectivity index (χ2v) is 2.26. The standard InChI is InChI=1S/C6H9NO3/c1-4-6(9)10-3-7(4)5(2)8/h4H,3H2,1-2H3/t4-/m0/s1. The number of cyclic esters (lactones) is 1. The molecule has 1 heterocycles. The maximum absolute atomic E-state index is 10.7. The van der Waals surface area contributed by atoms with Crippen LogP contribution in [-0.2, 0) is 14.3 Å². The lowest BCUT2D eigenvalue weighted by Crippen LogP contribution is -2.33. The van der Waals surface area contributed by atoms with E-state index in [1.165, 1.54) is 11.8 Å². The third kappa shape index (κ3) is 0.964. The van der Waals surface area contributed by atoms with Crippen LogP contribution < -0.4 is 0 Å². The van der Waals surface area contributed by atoms with Gasteiger partial charge in [0.1, 0.15) is 6.04 Å². The Labute approximate surface area is 58.8 Å². The van der Waals surface area contributed by atoms with Crippen molar-refractivity contribution in [3.63, 3.8) is 0 Å². The Balaban J connectivity index is 2.66. The lowest BCUT2D eigenvalue weighted by molar-refractivity contribution is -0.138. The zero-order valence-corrected chi connectivity index (χ0v) is 5.96. The number of nitrogens with zero attached hydrogens (tertiary/aromatic N) is 1. The van der Waals surface area contributed by atoms with Gasteiger partial charge in [-0.15, -0.1) is 0 Å². The molecular formula is C6H9NO3. The Kier molecular flexibility index (Phi) is 1.61. The van der Waals surface area contributed by atoms with E-state index < -0.39 is 6.04 Å². The second-order valence-electron chi connectivity index (χ2n) is 2.26. The predicted octanol–water partition coefficient (Wildman–Crippen LogP) is -0.262. The van der Waals surface area contributed by atoms with Crippen LogP contribution in [0.15, 0.2) is 0 Å². The first-order valence-electron chi connectivity index (χ1n) is 3.07. The molecule has 1 saturated heterocycles. The molecule has 0 saturated carbocycles. The van der Waals surface area contributed by atoms with Gasteiger partial charge in [-0.05, 0) is 6.92 Å². The third-order valence-corrected chi connectivity index (χ3v) is 1.56. The molecule has 0 N–H and O–H groups in total. The molecule has 10 heavy (non-hydrogen) atoms. The molecule has 0 aromatic carbocycles. The molecule has 56 valence electrons. The predicted molar refractivity (Wildman–Crippen MR) is 32.9 cm³/mol. The van der Waals surface area contributed by atoms with Crippen LogP contribution >= 0.6 is 0 Å². The minimum absolute atomic E-state index is 0.106. The lowest BCUT2D eigenvalue weighted by Gasteiger charge is -2.12. The Bertz CT molecular complexity index is 178. The molecule has 0 aliphatic carbocycles. The monoisotopic (exact) mass is 143 g/mol. The molecule has 0 aromatic heterocycles. The summed E-state index contributed by atoms with van der Waals surface area (Å²) in [6, 6.07) is -0.405. The number of ether oxygens (including phenoxy) is 1. The van der Waals surface area contributed by atoms with Crippen LogP contribution in [0.1, 0.15) is 13.8 Å². The van der Waals surface area contributed by atoms with E-state index in [1.54, 1.807) is 6.92 Å². The minimum Gasteiger partial charge on any atom is -0.443 e. The summed E-state index contributed by atoms with van der Waals surface area (Å²) in [6.07, 6.45) is 0. The smallest absolute Gasteiger partial charge is 0.330 e. The molecule has 0 bridgehead atoms. The summed E-state index contributed by atoms with van der Waals surface area (Å²) < 4.78 is 4.61. The number of hydrogen-bond donors (Lipinski definition) is 0. The first-order chi connectivity index (χ1) is 4.63. The molecule has 0 aromatic rings. The highest BCUT2D eigenvalue weighted by molar-refractivity contribution is 5.85. The number of carbonyl (C=O) groups is 2. The molecular weight excluding hydrogens is 134 g/mol. The highest BCUT2D eigenvalue weighted by Gasteiger charge is 2.31. The van der Waals surface area contributed by atoms with Crippen LogP contribution in [-0.4, -0.2) is 29.5 Å². The average molecular weight is 143 g/mol. The van der Waals surface area contributed by atoms with Crippen molar-refractivity contribution in [2.24, 2.45) is 0 Å². The second kappa shape index (κ2) is 2.28. The van der Waals surface area contributed by atoms with Gasteiger partial charge in [0.05, 0.1) is 0 Å². The van der Waals surface area contributed by atoms with Gasteiger partial charge in [-0.1, -0.05) is 0 Å². The Morgan fingerprint density at radius 3 is 2.60 bits per heavy atom. The number of esters is 1. The molecule has 0 radical (unpaired) electrons. The quantitative estimate of drug-likeness (QED) is 0.439. The summed E-state index contributed by atoms with van der Waals surface area (Å²) in [5, 5.41) is 0. The van der Waals surface area contributed by atoms with Gasteiger partial charge >= 0.3 is 5.97 Å². The van der Waals surface area contributed by atoms with Crippen molar-refractivity contribution in [3.8, 4) is 0 Å². The Morgan fingerprint density at radius 2 is 2.40 bits per heavy atom. The largest absolute Gasteiger partial charge is 0.443 e. The van der Waals surface area contributed by atoms with E-state index in [9.17, 15) is 9.59 Å². The zero-order chi connectivity index (χ0) is 7.72. The van der Waals surface area contributed by atoms with E-state index >= 15 is 0 Å².